The Bertz CT molecular complexity index is 488. The average molecular weight is 277 g/mol. The van der Waals surface area contributed by atoms with Crippen molar-refractivity contribution in [3.63, 3.8) is 0 Å². The molecule has 5 heteroatoms. The maximum Gasteiger partial charge on any atom is 0.415 e. The summed E-state index contributed by atoms with van der Waals surface area (Å²) in [5.41, 5.74) is -0.839. The van der Waals surface area contributed by atoms with Crippen LogP contribution in [0, 0.1) is 5.41 Å². The summed E-state index contributed by atoms with van der Waals surface area (Å²) in [4.78, 5) is 25.1. The van der Waals surface area contributed by atoms with Crippen molar-refractivity contribution < 1.29 is 19.4 Å². The van der Waals surface area contributed by atoms with E-state index in [1.807, 2.05) is 13.0 Å². The van der Waals surface area contributed by atoms with Gasteiger partial charge in [-0.1, -0.05) is 25.1 Å². The van der Waals surface area contributed by atoms with Crippen LogP contribution in [0.4, 0.5) is 4.79 Å². The Morgan fingerprint density at radius 1 is 1.35 bits per heavy atom. The summed E-state index contributed by atoms with van der Waals surface area (Å²) in [5, 5.41) is 9.40. The van der Waals surface area contributed by atoms with Gasteiger partial charge in [0.15, 0.2) is 0 Å². The van der Waals surface area contributed by atoms with Crippen molar-refractivity contribution in [2.24, 2.45) is 5.41 Å². The van der Waals surface area contributed by atoms with Crippen LogP contribution < -0.4 is 4.74 Å². The number of amides is 1. The lowest BCUT2D eigenvalue weighted by Crippen LogP contribution is -2.50. The zero-order chi connectivity index (χ0) is 14.6. The molecule has 0 spiro atoms. The van der Waals surface area contributed by atoms with Crippen LogP contribution in [-0.2, 0) is 4.79 Å². The minimum Gasteiger partial charge on any atom is -0.481 e. The fourth-order valence-corrected chi connectivity index (χ4v) is 2.56. The Morgan fingerprint density at radius 2 is 2.05 bits per heavy atom. The normalized spacial score (nSPS) is 22.4. The summed E-state index contributed by atoms with van der Waals surface area (Å²) in [6, 6.07) is 8.81. The van der Waals surface area contributed by atoms with Crippen LogP contribution >= 0.6 is 0 Å². The molecule has 5 nitrogen and oxygen atoms in total. The number of benzene rings is 1. The molecule has 1 fully saturated rings. The predicted molar refractivity (Wildman–Crippen MR) is 73.6 cm³/mol. The Hall–Kier alpha value is -2.04. The van der Waals surface area contributed by atoms with E-state index in [4.69, 9.17) is 4.74 Å². The summed E-state index contributed by atoms with van der Waals surface area (Å²) in [6.07, 6.45) is 1.32. The number of carboxylic acid groups (broad SMARTS) is 1. The fourth-order valence-electron chi connectivity index (χ4n) is 2.56. The molecule has 108 valence electrons. The van der Waals surface area contributed by atoms with E-state index in [1.54, 1.807) is 24.3 Å². The average Bonchev–Trinajstić information content (AvgIpc) is 2.48. The standard InChI is InChI=1S/C15H19NO4/c1-2-15(13(17)18)9-6-10-16(11-15)14(19)20-12-7-4-3-5-8-12/h3-5,7-8H,2,6,9-11H2,1H3,(H,17,18). The number of carbonyl (C=O) groups is 2. The molecular weight excluding hydrogens is 258 g/mol. The van der Waals surface area contributed by atoms with Crippen LogP contribution in [0.1, 0.15) is 26.2 Å². The second-order valence-electron chi connectivity index (χ2n) is 5.15. The minimum atomic E-state index is -0.839. The third kappa shape index (κ3) is 2.92. The molecule has 0 bridgehead atoms. The topological polar surface area (TPSA) is 66.8 Å². The first-order chi connectivity index (χ1) is 9.57. The lowest BCUT2D eigenvalue weighted by molar-refractivity contribution is -0.152. The Labute approximate surface area is 118 Å². The van der Waals surface area contributed by atoms with Gasteiger partial charge in [0.1, 0.15) is 5.75 Å². The van der Waals surface area contributed by atoms with E-state index in [1.165, 1.54) is 4.90 Å². The number of carboxylic acids is 1. The van der Waals surface area contributed by atoms with Gasteiger partial charge in [-0.05, 0) is 31.4 Å². The molecule has 1 aromatic rings. The number of para-hydroxylation sites is 1. The molecule has 1 N–H and O–H groups in total. The van der Waals surface area contributed by atoms with E-state index < -0.39 is 17.5 Å². The third-order valence-electron chi connectivity index (χ3n) is 3.91. The number of nitrogens with zero attached hydrogens (tertiary/aromatic N) is 1. The zero-order valence-corrected chi connectivity index (χ0v) is 11.5. The summed E-state index contributed by atoms with van der Waals surface area (Å²) >= 11 is 0. The molecule has 1 atom stereocenters. The van der Waals surface area contributed by atoms with Crippen LogP contribution in [0.25, 0.3) is 0 Å². The highest BCUT2D eigenvalue weighted by Gasteiger charge is 2.42. The number of ether oxygens (including phenoxy) is 1. The van der Waals surface area contributed by atoms with Crippen LogP contribution in [0.15, 0.2) is 30.3 Å². The second kappa shape index (κ2) is 5.94. The first-order valence-corrected chi connectivity index (χ1v) is 6.82. The fraction of sp³-hybridized carbons (Fsp3) is 0.467. The largest absolute Gasteiger partial charge is 0.481 e. The van der Waals surface area contributed by atoms with Crippen molar-refractivity contribution in [1.82, 2.24) is 4.90 Å². The molecule has 0 aromatic heterocycles. The highest BCUT2D eigenvalue weighted by atomic mass is 16.6. The number of likely N-dealkylation sites (tertiary alicyclic amines) is 1. The van der Waals surface area contributed by atoms with Crippen molar-refractivity contribution >= 4 is 12.1 Å². The highest BCUT2D eigenvalue weighted by molar-refractivity contribution is 5.77. The van der Waals surface area contributed by atoms with Crippen LogP contribution in [0.3, 0.4) is 0 Å². The lowest BCUT2D eigenvalue weighted by atomic mass is 9.78. The maximum atomic E-state index is 12.1. The number of rotatable bonds is 3. The molecule has 1 aliphatic heterocycles. The Balaban J connectivity index is 2.05. The van der Waals surface area contributed by atoms with Gasteiger partial charge in [-0.25, -0.2) is 4.79 Å². The van der Waals surface area contributed by atoms with Gasteiger partial charge < -0.3 is 14.7 Å². The maximum absolute atomic E-state index is 12.1. The molecule has 1 aliphatic rings. The molecular formula is C15H19NO4. The number of aliphatic carboxylic acids is 1. The van der Waals surface area contributed by atoms with E-state index in [9.17, 15) is 14.7 Å². The van der Waals surface area contributed by atoms with E-state index >= 15 is 0 Å². The number of piperidine rings is 1. The van der Waals surface area contributed by atoms with Crippen LogP contribution in [0.5, 0.6) is 5.75 Å². The molecule has 1 heterocycles. The van der Waals surface area contributed by atoms with E-state index in [2.05, 4.69) is 0 Å². The van der Waals surface area contributed by atoms with E-state index in [0.717, 1.165) is 0 Å². The zero-order valence-electron chi connectivity index (χ0n) is 11.5. The molecule has 1 amide bonds. The minimum absolute atomic E-state index is 0.213. The summed E-state index contributed by atoms with van der Waals surface area (Å²) in [6.45, 7) is 2.60. The number of carbonyl (C=O) groups excluding carboxylic acids is 1. The quantitative estimate of drug-likeness (QED) is 0.922. The van der Waals surface area contributed by atoms with E-state index in [0.29, 0.717) is 31.6 Å². The van der Waals surface area contributed by atoms with Gasteiger partial charge in [0, 0.05) is 13.1 Å². The smallest absolute Gasteiger partial charge is 0.415 e. The second-order valence-corrected chi connectivity index (χ2v) is 5.15. The van der Waals surface area contributed by atoms with Gasteiger partial charge >= 0.3 is 12.1 Å². The predicted octanol–water partition coefficient (Wildman–Crippen LogP) is 2.76. The van der Waals surface area contributed by atoms with Crippen molar-refractivity contribution in [3.8, 4) is 5.75 Å². The monoisotopic (exact) mass is 277 g/mol. The van der Waals surface area contributed by atoms with Gasteiger partial charge in [0.05, 0.1) is 5.41 Å². The molecule has 0 aliphatic carbocycles. The Morgan fingerprint density at radius 3 is 2.65 bits per heavy atom. The van der Waals surface area contributed by atoms with Gasteiger partial charge in [-0.15, -0.1) is 0 Å². The molecule has 1 aromatic carbocycles. The first kappa shape index (κ1) is 14.4. The van der Waals surface area contributed by atoms with E-state index in [-0.39, 0.29) is 6.54 Å². The van der Waals surface area contributed by atoms with Gasteiger partial charge in [-0.2, -0.15) is 0 Å². The summed E-state index contributed by atoms with van der Waals surface area (Å²) < 4.78 is 5.27. The molecule has 20 heavy (non-hydrogen) atoms. The van der Waals surface area contributed by atoms with Gasteiger partial charge in [-0.3, -0.25) is 4.79 Å². The molecule has 1 unspecified atom stereocenters. The van der Waals surface area contributed by atoms with Gasteiger partial charge in [0.25, 0.3) is 0 Å². The van der Waals surface area contributed by atoms with Crippen molar-refractivity contribution in [2.75, 3.05) is 13.1 Å². The van der Waals surface area contributed by atoms with Crippen LogP contribution in [-0.4, -0.2) is 35.2 Å². The summed E-state index contributed by atoms with van der Waals surface area (Å²) in [5.74, 6) is -0.363. The molecule has 0 saturated carbocycles. The highest BCUT2D eigenvalue weighted by Crippen LogP contribution is 2.34. The lowest BCUT2D eigenvalue weighted by Gasteiger charge is -2.38. The third-order valence-corrected chi connectivity index (χ3v) is 3.91. The van der Waals surface area contributed by atoms with Crippen molar-refractivity contribution in [3.05, 3.63) is 30.3 Å². The first-order valence-electron chi connectivity index (χ1n) is 6.82. The Kier molecular flexibility index (Phi) is 4.27. The molecule has 1 saturated heterocycles. The number of hydrogen-bond acceptors (Lipinski definition) is 3. The van der Waals surface area contributed by atoms with Gasteiger partial charge in [0.2, 0.25) is 0 Å². The van der Waals surface area contributed by atoms with Crippen molar-refractivity contribution in [1.29, 1.82) is 0 Å². The summed E-state index contributed by atoms with van der Waals surface area (Å²) in [7, 11) is 0. The van der Waals surface area contributed by atoms with Crippen LogP contribution in [0.2, 0.25) is 0 Å². The molecule has 0 radical (unpaired) electrons. The van der Waals surface area contributed by atoms with Crippen molar-refractivity contribution in [2.45, 2.75) is 26.2 Å². The SMILES string of the molecule is CCC1(C(=O)O)CCCN(C(=O)Oc2ccccc2)C1. The molecule has 2 rings (SSSR count). The number of hydrogen-bond donors (Lipinski definition) is 1.